The summed E-state index contributed by atoms with van der Waals surface area (Å²) in [6, 6.07) is 0.206. The molecule has 11 heavy (non-hydrogen) atoms. The monoisotopic (exact) mass is 158 g/mol. The van der Waals surface area contributed by atoms with E-state index < -0.39 is 6.10 Å². The second-order valence-corrected chi connectivity index (χ2v) is 2.98. The maximum absolute atomic E-state index is 10.9. The van der Waals surface area contributed by atoms with Crippen molar-refractivity contribution in [2.24, 2.45) is 0 Å². The molecule has 1 aliphatic carbocycles. The number of aliphatic hydroxyl groups excluding tert-OH is 1. The van der Waals surface area contributed by atoms with Crippen LogP contribution in [0.2, 0.25) is 0 Å². The molecular formula is C7H14N2O2. The van der Waals surface area contributed by atoms with Gasteiger partial charge in [-0.05, 0) is 19.8 Å². The summed E-state index contributed by atoms with van der Waals surface area (Å²) in [7, 11) is 0. The first kappa shape index (κ1) is 8.33. The maximum Gasteiger partial charge on any atom is 0.315 e. The summed E-state index contributed by atoms with van der Waals surface area (Å²) in [4.78, 5) is 10.9. The lowest BCUT2D eigenvalue weighted by atomic mass is 10.4. The molecule has 0 aromatic carbocycles. The minimum Gasteiger partial charge on any atom is -0.392 e. The maximum atomic E-state index is 10.9. The van der Waals surface area contributed by atoms with Gasteiger partial charge in [0.2, 0.25) is 0 Å². The predicted octanol–water partition coefficient (Wildman–Crippen LogP) is -0.171. The summed E-state index contributed by atoms with van der Waals surface area (Å²) < 4.78 is 0. The Balaban J connectivity index is 2.00. The zero-order valence-electron chi connectivity index (χ0n) is 6.63. The summed E-state index contributed by atoms with van der Waals surface area (Å²) in [6.07, 6.45) is 1.70. The molecule has 1 atom stereocenters. The van der Waals surface area contributed by atoms with Gasteiger partial charge >= 0.3 is 6.03 Å². The Morgan fingerprint density at radius 3 is 2.82 bits per heavy atom. The van der Waals surface area contributed by atoms with E-state index in [1.54, 1.807) is 6.92 Å². The van der Waals surface area contributed by atoms with E-state index in [9.17, 15) is 4.79 Å². The third-order valence-corrected chi connectivity index (χ3v) is 1.47. The molecule has 2 amide bonds. The molecule has 4 nitrogen and oxygen atoms in total. The molecule has 0 aromatic rings. The first-order valence-corrected chi connectivity index (χ1v) is 3.91. The molecule has 0 heterocycles. The molecule has 0 aliphatic heterocycles. The molecule has 3 N–H and O–H groups in total. The fourth-order valence-corrected chi connectivity index (χ4v) is 0.705. The number of carbonyl (C=O) groups excluding carboxylic acids is 1. The van der Waals surface area contributed by atoms with Crippen LogP contribution in [0.25, 0.3) is 0 Å². The lowest BCUT2D eigenvalue weighted by Gasteiger charge is -2.07. The topological polar surface area (TPSA) is 61.4 Å². The minimum atomic E-state index is -0.472. The summed E-state index contributed by atoms with van der Waals surface area (Å²) in [5.74, 6) is 0. The highest BCUT2D eigenvalue weighted by Crippen LogP contribution is 2.17. The molecule has 4 heteroatoms. The number of rotatable bonds is 3. The van der Waals surface area contributed by atoms with Gasteiger partial charge in [-0.3, -0.25) is 0 Å². The van der Waals surface area contributed by atoms with Crippen LogP contribution >= 0.6 is 0 Å². The number of hydrogen-bond donors (Lipinski definition) is 3. The van der Waals surface area contributed by atoms with Crippen molar-refractivity contribution >= 4 is 6.03 Å². The van der Waals surface area contributed by atoms with Crippen molar-refractivity contribution in [3.8, 4) is 0 Å². The molecule has 0 unspecified atom stereocenters. The van der Waals surface area contributed by atoms with Gasteiger partial charge in [-0.25, -0.2) is 4.79 Å². The largest absolute Gasteiger partial charge is 0.392 e. The number of hydrogen-bond acceptors (Lipinski definition) is 2. The number of urea groups is 1. The van der Waals surface area contributed by atoms with Gasteiger partial charge in [0, 0.05) is 12.6 Å². The Morgan fingerprint density at radius 1 is 1.73 bits per heavy atom. The lowest BCUT2D eigenvalue weighted by Crippen LogP contribution is -2.39. The van der Waals surface area contributed by atoms with Crippen LogP contribution in [0, 0.1) is 0 Å². The van der Waals surface area contributed by atoms with Gasteiger partial charge in [0.1, 0.15) is 0 Å². The Morgan fingerprint density at radius 2 is 2.36 bits per heavy atom. The molecule has 0 bridgehead atoms. The Kier molecular flexibility index (Phi) is 2.70. The summed E-state index contributed by atoms with van der Waals surface area (Å²) in [5.41, 5.74) is 0. The standard InChI is InChI=1S/C7H14N2O2/c1-5(10)4-8-7(11)9-6-2-3-6/h5-6,10H,2-4H2,1H3,(H2,8,9,11)/t5-/m0/s1. The van der Waals surface area contributed by atoms with Crippen LogP contribution in [0.3, 0.4) is 0 Å². The minimum absolute atomic E-state index is 0.173. The zero-order valence-corrected chi connectivity index (χ0v) is 6.63. The molecule has 1 rings (SSSR count). The van der Waals surface area contributed by atoms with Crippen LogP contribution in [0.1, 0.15) is 19.8 Å². The van der Waals surface area contributed by atoms with Crippen LogP contribution < -0.4 is 10.6 Å². The molecule has 1 fully saturated rings. The van der Waals surface area contributed by atoms with Gasteiger partial charge in [0.05, 0.1) is 6.10 Å². The second kappa shape index (κ2) is 3.57. The van der Waals surface area contributed by atoms with Crippen molar-refractivity contribution in [3.05, 3.63) is 0 Å². The van der Waals surface area contributed by atoms with Gasteiger partial charge in [-0.2, -0.15) is 0 Å². The van der Waals surface area contributed by atoms with Gasteiger partial charge < -0.3 is 15.7 Å². The molecule has 0 spiro atoms. The SMILES string of the molecule is C[C@H](O)CNC(=O)NC1CC1. The average molecular weight is 158 g/mol. The van der Waals surface area contributed by atoms with E-state index in [0.29, 0.717) is 12.6 Å². The third kappa shape index (κ3) is 3.83. The molecule has 1 saturated carbocycles. The number of nitrogens with one attached hydrogen (secondary N) is 2. The van der Waals surface area contributed by atoms with Crippen LogP contribution in [-0.2, 0) is 0 Å². The highest BCUT2D eigenvalue weighted by atomic mass is 16.3. The summed E-state index contributed by atoms with van der Waals surface area (Å²) in [5, 5.41) is 14.1. The van der Waals surface area contributed by atoms with E-state index in [4.69, 9.17) is 5.11 Å². The van der Waals surface area contributed by atoms with Crippen LogP contribution in [0.15, 0.2) is 0 Å². The first-order valence-electron chi connectivity index (χ1n) is 3.91. The van der Waals surface area contributed by atoms with E-state index in [1.165, 1.54) is 0 Å². The predicted molar refractivity (Wildman–Crippen MR) is 41.2 cm³/mol. The smallest absolute Gasteiger partial charge is 0.315 e. The van der Waals surface area contributed by atoms with Gasteiger partial charge in [0.25, 0.3) is 0 Å². The molecule has 0 aromatic heterocycles. The third-order valence-electron chi connectivity index (χ3n) is 1.47. The highest BCUT2D eigenvalue weighted by molar-refractivity contribution is 5.74. The van der Waals surface area contributed by atoms with E-state index in [-0.39, 0.29) is 6.03 Å². The van der Waals surface area contributed by atoms with Gasteiger partial charge in [0.15, 0.2) is 0 Å². The second-order valence-electron chi connectivity index (χ2n) is 2.98. The number of carbonyl (C=O) groups is 1. The summed E-state index contributed by atoms with van der Waals surface area (Å²) >= 11 is 0. The molecule has 1 aliphatic rings. The Labute approximate surface area is 66.0 Å². The van der Waals surface area contributed by atoms with Crippen molar-refractivity contribution in [1.29, 1.82) is 0 Å². The van der Waals surface area contributed by atoms with Crippen molar-refractivity contribution in [3.63, 3.8) is 0 Å². The highest BCUT2D eigenvalue weighted by Gasteiger charge is 2.22. The number of aliphatic hydroxyl groups is 1. The Hall–Kier alpha value is -0.770. The van der Waals surface area contributed by atoms with Crippen LogP contribution in [-0.4, -0.2) is 29.8 Å². The molecule has 0 saturated heterocycles. The summed E-state index contributed by atoms with van der Waals surface area (Å²) in [6.45, 7) is 1.95. The van der Waals surface area contributed by atoms with E-state index in [1.807, 2.05) is 0 Å². The first-order chi connectivity index (χ1) is 5.18. The quantitative estimate of drug-likeness (QED) is 0.534. The van der Waals surface area contributed by atoms with Crippen LogP contribution in [0.4, 0.5) is 4.79 Å². The van der Waals surface area contributed by atoms with Crippen molar-refractivity contribution in [1.82, 2.24) is 10.6 Å². The fourth-order valence-electron chi connectivity index (χ4n) is 0.705. The normalized spacial score (nSPS) is 19.1. The Bertz CT molecular complexity index is 143. The van der Waals surface area contributed by atoms with Crippen molar-refractivity contribution < 1.29 is 9.90 Å². The van der Waals surface area contributed by atoms with Crippen molar-refractivity contribution in [2.75, 3.05) is 6.54 Å². The van der Waals surface area contributed by atoms with Gasteiger partial charge in [-0.1, -0.05) is 0 Å². The molecular weight excluding hydrogens is 144 g/mol. The molecule has 0 radical (unpaired) electrons. The van der Waals surface area contributed by atoms with E-state index in [2.05, 4.69) is 10.6 Å². The van der Waals surface area contributed by atoms with Gasteiger partial charge in [-0.15, -0.1) is 0 Å². The fraction of sp³-hybridized carbons (Fsp3) is 0.857. The van der Waals surface area contributed by atoms with Crippen molar-refractivity contribution in [2.45, 2.75) is 31.9 Å². The van der Waals surface area contributed by atoms with Crippen LogP contribution in [0.5, 0.6) is 0 Å². The lowest BCUT2D eigenvalue weighted by molar-refractivity contribution is 0.187. The number of amides is 2. The van der Waals surface area contributed by atoms with E-state index >= 15 is 0 Å². The van der Waals surface area contributed by atoms with E-state index in [0.717, 1.165) is 12.8 Å². The zero-order chi connectivity index (χ0) is 8.27. The average Bonchev–Trinajstić information content (AvgIpc) is 2.67. The molecule has 64 valence electrons.